The Labute approximate surface area is 151 Å². The van der Waals surface area contributed by atoms with E-state index in [4.69, 9.17) is 0 Å². The van der Waals surface area contributed by atoms with Crippen LogP contribution in [0.2, 0.25) is 0 Å². The maximum absolute atomic E-state index is 13.3. The van der Waals surface area contributed by atoms with Crippen LogP contribution in [0.15, 0.2) is 46.9 Å². The number of benzene rings is 2. The van der Waals surface area contributed by atoms with Crippen LogP contribution in [0.1, 0.15) is 39.4 Å². The van der Waals surface area contributed by atoms with Gasteiger partial charge < -0.3 is 4.90 Å². The lowest BCUT2D eigenvalue weighted by molar-refractivity contribution is 0.105. The summed E-state index contributed by atoms with van der Waals surface area (Å²) in [5.74, 6) is 1.14. The van der Waals surface area contributed by atoms with Gasteiger partial charge in [-0.2, -0.15) is 0 Å². The molecule has 0 aliphatic heterocycles. The van der Waals surface area contributed by atoms with E-state index >= 15 is 0 Å². The van der Waals surface area contributed by atoms with Crippen molar-refractivity contribution in [3.63, 3.8) is 0 Å². The van der Waals surface area contributed by atoms with E-state index in [0.717, 1.165) is 38.8 Å². The van der Waals surface area contributed by atoms with Crippen LogP contribution in [-0.4, -0.2) is 19.9 Å². The van der Waals surface area contributed by atoms with Crippen LogP contribution in [0.4, 0.5) is 5.69 Å². The smallest absolute Gasteiger partial charge is 0.193 e. The molecule has 2 aromatic carbocycles. The molecule has 2 nitrogen and oxygen atoms in total. The van der Waals surface area contributed by atoms with Gasteiger partial charge in [-0.1, -0.05) is 34.1 Å². The molecule has 0 aromatic heterocycles. The van der Waals surface area contributed by atoms with Gasteiger partial charge in [0.25, 0.3) is 0 Å². The number of allylic oxidation sites excluding steroid dienone is 2. The van der Waals surface area contributed by atoms with Gasteiger partial charge in [0, 0.05) is 35.4 Å². The first-order chi connectivity index (χ1) is 11.5. The standard InChI is InChI=1S/C21H20BrNO/c1-12-15(5-4-6-20(12)22)19-10-13-9-17(13)18-11-14(23(2)3)7-8-16(18)21(19)24/h4-8,10-11,13,17H,9H2,1-3H3. The normalized spacial score (nSPS) is 21.5. The topological polar surface area (TPSA) is 20.3 Å². The second-order valence-corrected chi connectivity index (χ2v) is 7.85. The third-order valence-corrected chi connectivity index (χ3v) is 6.08. The second kappa shape index (κ2) is 5.59. The van der Waals surface area contributed by atoms with Crippen LogP contribution >= 0.6 is 15.9 Å². The Morgan fingerprint density at radius 1 is 1.12 bits per heavy atom. The predicted octanol–water partition coefficient (Wildman–Crippen LogP) is 5.21. The molecule has 2 unspecified atom stereocenters. The van der Waals surface area contributed by atoms with Gasteiger partial charge in [0.1, 0.15) is 0 Å². The van der Waals surface area contributed by atoms with Crippen molar-refractivity contribution in [3.05, 3.63) is 69.2 Å². The van der Waals surface area contributed by atoms with Crippen LogP contribution in [-0.2, 0) is 0 Å². The number of ketones is 1. The number of carbonyl (C=O) groups excluding carboxylic acids is 1. The van der Waals surface area contributed by atoms with E-state index in [0.29, 0.717) is 11.8 Å². The molecule has 4 rings (SSSR count). The lowest BCUT2D eigenvalue weighted by atomic mass is 9.91. The fourth-order valence-corrected chi connectivity index (χ4v) is 4.01. The number of anilines is 1. The zero-order chi connectivity index (χ0) is 17.0. The highest BCUT2D eigenvalue weighted by atomic mass is 79.9. The number of hydrogen-bond donors (Lipinski definition) is 0. The van der Waals surface area contributed by atoms with Crippen LogP contribution in [0.5, 0.6) is 0 Å². The first-order valence-electron chi connectivity index (χ1n) is 8.30. The van der Waals surface area contributed by atoms with Gasteiger partial charge in [0.05, 0.1) is 0 Å². The third kappa shape index (κ3) is 2.42. The van der Waals surface area contributed by atoms with Gasteiger partial charge in [0.2, 0.25) is 0 Å². The molecule has 0 spiro atoms. The van der Waals surface area contributed by atoms with E-state index in [9.17, 15) is 4.79 Å². The van der Waals surface area contributed by atoms with Gasteiger partial charge in [0.15, 0.2) is 5.78 Å². The highest BCUT2D eigenvalue weighted by Crippen LogP contribution is 2.53. The molecule has 0 N–H and O–H groups in total. The predicted molar refractivity (Wildman–Crippen MR) is 103 cm³/mol. The van der Waals surface area contributed by atoms with E-state index in [1.165, 1.54) is 5.56 Å². The molecular weight excluding hydrogens is 362 g/mol. The van der Waals surface area contributed by atoms with Crippen LogP contribution in [0.25, 0.3) is 5.57 Å². The number of fused-ring (bicyclic) bond motifs is 3. The van der Waals surface area contributed by atoms with Crippen molar-refractivity contribution in [1.82, 2.24) is 0 Å². The molecule has 2 aliphatic carbocycles. The summed E-state index contributed by atoms with van der Waals surface area (Å²) < 4.78 is 1.05. The number of halogens is 1. The van der Waals surface area contributed by atoms with E-state index < -0.39 is 0 Å². The molecule has 3 heteroatoms. The summed E-state index contributed by atoms with van der Waals surface area (Å²) in [6, 6.07) is 12.3. The number of rotatable bonds is 2. The molecule has 0 radical (unpaired) electrons. The highest BCUT2D eigenvalue weighted by Gasteiger charge is 2.42. The van der Waals surface area contributed by atoms with Gasteiger partial charge >= 0.3 is 0 Å². The summed E-state index contributed by atoms with van der Waals surface area (Å²) in [5, 5.41) is 0. The zero-order valence-corrected chi connectivity index (χ0v) is 15.7. The lowest BCUT2D eigenvalue weighted by Gasteiger charge is -2.16. The molecule has 0 amide bonds. The first-order valence-corrected chi connectivity index (χ1v) is 9.10. The van der Waals surface area contributed by atoms with Gasteiger partial charge in [-0.15, -0.1) is 0 Å². The maximum atomic E-state index is 13.3. The van der Waals surface area contributed by atoms with E-state index in [-0.39, 0.29) is 5.78 Å². The Balaban J connectivity index is 1.85. The minimum absolute atomic E-state index is 0.156. The van der Waals surface area contributed by atoms with E-state index in [1.807, 2.05) is 38.4 Å². The molecular formula is C21H20BrNO. The Kier molecular flexibility index (Phi) is 3.65. The molecule has 1 saturated carbocycles. The molecule has 2 aromatic rings. The van der Waals surface area contributed by atoms with Crippen LogP contribution in [0, 0.1) is 12.8 Å². The fraction of sp³-hybridized carbons (Fsp3) is 0.286. The van der Waals surface area contributed by atoms with Crippen molar-refractivity contribution in [2.24, 2.45) is 5.92 Å². The lowest BCUT2D eigenvalue weighted by Crippen LogP contribution is -2.11. The van der Waals surface area contributed by atoms with Crippen molar-refractivity contribution in [2.75, 3.05) is 19.0 Å². The fourth-order valence-electron chi connectivity index (χ4n) is 3.64. The summed E-state index contributed by atoms with van der Waals surface area (Å²) in [7, 11) is 4.08. The first kappa shape index (κ1) is 15.6. The van der Waals surface area contributed by atoms with Crippen LogP contribution < -0.4 is 4.90 Å². The number of Topliss-reactive ketones (excluding diaryl/α,β-unsaturated/α-hetero) is 1. The molecule has 24 heavy (non-hydrogen) atoms. The van der Waals surface area contributed by atoms with Crippen LogP contribution in [0.3, 0.4) is 0 Å². The van der Waals surface area contributed by atoms with Crippen molar-refractivity contribution >= 4 is 33.0 Å². The Hall–Kier alpha value is -1.87. The largest absolute Gasteiger partial charge is 0.378 e. The van der Waals surface area contributed by atoms with Gasteiger partial charge in [-0.3, -0.25) is 4.79 Å². The van der Waals surface area contributed by atoms with Crippen molar-refractivity contribution in [3.8, 4) is 0 Å². The third-order valence-electron chi connectivity index (χ3n) is 5.22. The molecule has 2 atom stereocenters. The Bertz CT molecular complexity index is 881. The maximum Gasteiger partial charge on any atom is 0.193 e. The summed E-state index contributed by atoms with van der Waals surface area (Å²) in [4.78, 5) is 15.3. The SMILES string of the molecule is Cc1c(Br)cccc1C1=CC2CC2c2cc(N(C)C)ccc2C1=O. The van der Waals surface area contributed by atoms with Gasteiger partial charge in [-0.25, -0.2) is 0 Å². The Morgan fingerprint density at radius 3 is 2.67 bits per heavy atom. The summed E-state index contributed by atoms with van der Waals surface area (Å²) >= 11 is 3.59. The van der Waals surface area contributed by atoms with Crippen molar-refractivity contribution in [1.29, 1.82) is 0 Å². The molecule has 0 heterocycles. The highest BCUT2D eigenvalue weighted by molar-refractivity contribution is 9.10. The summed E-state index contributed by atoms with van der Waals surface area (Å²) in [5.41, 5.74) is 6.28. The Morgan fingerprint density at radius 2 is 1.92 bits per heavy atom. The second-order valence-electron chi connectivity index (χ2n) is 6.99. The zero-order valence-electron chi connectivity index (χ0n) is 14.1. The average Bonchev–Trinajstić information content (AvgIpc) is 3.33. The number of carbonyl (C=O) groups is 1. The number of hydrogen-bond acceptors (Lipinski definition) is 2. The molecule has 0 bridgehead atoms. The molecule has 122 valence electrons. The summed E-state index contributed by atoms with van der Waals surface area (Å²) in [6.07, 6.45) is 3.35. The molecule has 2 aliphatic rings. The minimum Gasteiger partial charge on any atom is -0.378 e. The van der Waals surface area contributed by atoms with E-state index in [1.54, 1.807) is 0 Å². The van der Waals surface area contributed by atoms with E-state index in [2.05, 4.69) is 46.0 Å². The average molecular weight is 382 g/mol. The summed E-state index contributed by atoms with van der Waals surface area (Å²) in [6.45, 7) is 2.07. The molecule has 1 fully saturated rings. The number of nitrogens with zero attached hydrogens (tertiary/aromatic N) is 1. The molecule has 0 saturated heterocycles. The van der Waals surface area contributed by atoms with Crippen molar-refractivity contribution < 1.29 is 4.79 Å². The quantitative estimate of drug-likeness (QED) is 0.711. The van der Waals surface area contributed by atoms with Gasteiger partial charge in [-0.05, 0) is 66.1 Å². The monoisotopic (exact) mass is 381 g/mol. The minimum atomic E-state index is 0.156. The van der Waals surface area contributed by atoms with Crippen molar-refractivity contribution in [2.45, 2.75) is 19.3 Å².